The molecule has 1 fully saturated rings. The molecule has 1 aromatic carbocycles. The van der Waals surface area contributed by atoms with Crippen LogP contribution in [-0.2, 0) is 26.7 Å². The molecule has 2 aromatic rings. The molecule has 3 rings (SSSR count). The molecule has 118 valence electrons. The van der Waals surface area contributed by atoms with Crippen molar-refractivity contribution in [2.24, 2.45) is 7.05 Å². The van der Waals surface area contributed by atoms with Crippen LogP contribution in [0.15, 0.2) is 42.6 Å². The third-order valence-electron chi connectivity index (χ3n) is 4.56. The van der Waals surface area contributed by atoms with Crippen molar-refractivity contribution in [2.75, 3.05) is 13.1 Å². The number of nitrogens with one attached hydrogen (secondary N) is 1. The molecule has 0 radical (unpaired) electrons. The molecule has 0 spiro atoms. The standard InChI is InChI=1S/C19H27N3/c1-21-11-5-6-19(21)15-20-14-17-7-9-18(10-8-17)16-22-12-3-2-4-13-22/h5-11,20H,2-4,12-16H2,1H3. The van der Waals surface area contributed by atoms with Crippen molar-refractivity contribution in [1.82, 2.24) is 14.8 Å². The lowest BCUT2D eigenvalue weighted by Crippen LogP contribution is -2.29. The predicted octanol–water partition coefficient (Wildman–Crippen LogP) is 3.30. The van der Waals surface area contributed by atoms with Crippen LogP contribution in [0.2, 0.25) is 0 Å². The van der Waals surface area contributed by atoms with Gasteiger partial charge in [0.2, 0.25) is 0 Å². The zero-order valence-corrected chi connectivity index (χ0v) is 13.6. The molecule has 22 heavy (non-hydrogen) atoms. The summed E-state index contributed by atoms with van der Waals surface area (Å²) in [6, 6.07) is 13.3. The van der Waals surface area contributed by atoms with E-state index in [1.54, 1.807) is 0 Å². The molecule has 0 amide bonds. The first kappa shape index (κ1) is 15.3. The Morgan fingerprint density at radius 2 is 1.64 bits per heavy atom. The third-order valence-corrected chi connectivity index (χ3v) is 4.56. The average Bonchev–Trinajstić information content (AvgIpc) is 2.95. The molecule has 0 bridgehead atoms. The second kappa shape index (κ2) is 7.61. The van der Waals surface area contributed by atoms with Gasteiger partial charge in [-0.2, -0.15) is 0 Å². The van der Waals surface area contributed by atoms with E-state index in [2.05, 4.69) is 64.4 Å². The summed E-state index contributed by atoms with van der Waals surface area (Å²) in [6.45, 7) is 5.48. The molecule has 1 saturated heterocycles. The summed E-state index contributed by atoms with van der Waals surface area (Å²) in [4.78, 5) is 2.58. The second-order valence-corrected chi connectivity index (χ2v) is 6.37. The van der Waals surface area contributed by atoms with Gasteiger partial charge in [-0.25, -0.2) is 0 Å². The van der Waals surface area contributed by atoms with Gasteiger partial charge in [0.15, 0.2) is 0 Å². The molecule has 0 atom stereocenters. The van der Waals surface area contributed by atoms with Gasteiger partial charge >= 0.3 is 0 Å². The maximum atomic E-state index is 3.51. The minimum absolute atomic E-state index is 0.916. The molecule has 0 saturated carbocycles. The van der Waals surface area contributed by atoms with Crippen LogP contribution in [0.4, 0.5) is 0 Å². The summed E-state index contributed by atoms with van der Waals surface area (Å²) in [5.74, 6) is 0. The molecule has 0 aliphatic carbocycles. The lowest BCUT2D eigenvalue weighted by molar-refractivity contribution is 0.221. The van der Waals surface area contributed by atoms with Crippen LogP contribution in [0, 0.1) is 0 Å². The molecule has 3 heteroatoms. The van der Waals surface area contributed by atoms with Gasteiger partial charge in [0.1, 0.15) is 0 Å². The number of benzene rings is 1. The highest BCUT2D eigenvalue weighted by molar-refractivity contribution is 5.22. The molecular weight excluding hydrogens is 270 g/mol. The largest absolute Gasteiger partial charge is 0.353 e. The van der Waals surface area contributed by atoms with Crippen molar-refractivity contribution < 1.29 is 0 Å². The Bertz CT molecular complexity index is 565. The molecular formula is C19H27N3. The Balaban J connectivity index is 1.45. The first-order chi connectivity index (χ1) is 10.8. The fraction of sp³-hybridized carbons (Fsp3) is 0.474. The zero-order chi connectivity index (χ0) is 15.2. The maximum absolute atomic E-state index is 3.51. The van der Waals surface area contributed by atoms with E-state index in [9.17, 15) is 0 Å². The van der Waals surface area contributed by atoms with E-state index in [1.807, 2.05) is 0 Å². The van der Waals surface area contributed by atoms with E-state index in [0.29, 0.717) is 0 Å². The van der Waals surface area contributed by atoms with Gasteiger partial charge < -0.3 is 9.88 Å². The number of aromatic nitrogens is 1. The Kier molecular flexibility index (Phi) is 5.30. The summed E-state index contributed by atoms with van der Waals surface area (Å²) in [6.07, 6.45) is 6.22. The van der Waals surface area contributed by atoms with Crippen LogP contribution in [0.3, 0.4) is 0 Å². The quantitative estimate of drug-likeness (QED) is 0.883. The van der Waals surface area contributed by atoms with Crippen LogP contribution in [0.1, 0.15) is 36.1 Å². The zero-order valence-electron chi connectivity index (χ0n) is 13.6. The summed E-state index contributed by atoms with van der Waals surface area (Å²) in [5.41, 5.74) is 4.12. The minimum atomic E-state index is 0.916. The Morgan fingerprint density at radius 1 is 0.909 bits per heavy atom. The summed E-state index contributed by atoms with van der Waals surface area (Å²) in [7, 11) is 2.09. The number of hydrogen-bond acceptors (Lipinski definition) is 2. The van der Waals surface area contributed by atoms with Gasteiger partial charge in [0.05, 0.1) is 0 Å². The van der Waals surface area contributed by atoms with E-state index in [0.717, 1.165) is 19.6 Å². The van der Waals surface area contributed by atoms with E-state index in [-0.39, 0.29) is 0 Å². The van der Waals surface area contributed by atoms with Crippen molar-refractivity contribution >= 4 is 0 Å². The molecule has 1 aliphatic heterocycles. The Morgan fingerprint density at radius 3 is 2.32 bits per heavy atom. The van der Waals surface area contributed by atoms with E-state index < -0.39 is 0 Å². The number of likely N-dealkylation sites (tertiary alicyclic amines) is 1. The topological polar surface area (TPSA) is 20.2 Å². The Labute approximate surface area is 133 Å². The summed E-state index contributed by atoms with van der Waals surface area (Å²) < 4.78 is 2.16. The van der Waals surface area contributed by atoms with E-state index >= 15 is 0 Å². The number of hydrogen-bond donors (Lipinski definition) is 1. The Hall–Kier alpha value is -1.58. The molecule has 0 unspecified atom stereocenters. The van der Waals surface area contributed by atoms with Crippen LogP contribution < -0.4 is 5.32 Å². The molecule has 1 aromatic heterocycles. The average molecular weight is 297 g/mol. The van der Waals surface area contributed by atoms with Crippen LogP contribution >= 0.6 is 0 Å². The number of piperidine rings is 1. The smallest absolute Gasteiger partial charge is 0.0362 e. The minimum Gasteiger partial charge on any atom is -0.353 e. The third kappa shape index (κ3) is 4.21. The van der Waals surface area contributed by atoms with Crippen molar-refractivity contribution in [3.8, 4) is 0 Å². The van der Waals surface area contributed by atoms with Gasteiger partial charge in [-0.1, -0.05) is 30.7 Å². The van der Waals surface area contributed by atoms with Crippen molar-refractivity contribution in [1.29, 1.82) is 0 Å². The SMILES string of the molecule is Cn1cccc1CNCc1ccc(CN2CCCCC2)cc1. The monoisotopic (exact) mass is 297 g/mol. The molecule has 2 heterocycles. The maximum Gasteiger partial charge on any atom is 0.0362 e. The van der Waals surface area contributed by atoms with Crippen LogP contribution in [-0.4, -0.2) is 22.6 Å². The number of aryl methyl sites for hydroxylation is 1. The van der Waals surface area contributed by atoms with E-state index in [1.165, 1.54) is 49.2 Å². The highest BCUT2D eigenvalue weighted by Gasteiger charge is 2.10. The van der Waals surface area contributed by atoms with Crippen LogP contribution in [0.25, 0.3) is 0 Å². The predicted molar refractivity (Wildman–Crippen MR) is 91.5 cm³/mol. The van der Waals surface area contributed by atoms with Crippen molar-refractivity contribution in [3.63, 3.8) is 0 Å². The molecule has 1 aliphatic rings. The van der Waals surface area contributed by atoms with Gasteiger partial charge in [-0.05, 0) is 49.2 Å². The summed E-state index contributed by atoms with van der Waals surface area (Å²) >= 11 is 0. The number of nitrogens with zero attached hydrogens (tertiary/aromatic N) is 2. The first-order valence-corrected chi connectivity index (χ1v) is 8.42. The van der Waals surface area contributed by atoms with Gasteiger partial charge in [-0.15, -0.1) is 0 Å². The van der Waals surface area contributed by atoms with E-state index in [4.69, 9.17) is 0 Å². The fourth-order valence-corrected chi connectivity index (χ4v) is 3.15. The van der Waals surface area contributed by atoms with Crippen LogP contribution in [0.5, 0.6) is 0 Å². The highest BCUT2D eigenvalue weighted by atomic mass is 15.1. The fourth-order valence-electron chi connectivity index (χ4n) is 3.15. The summed E-state index contributed by atoms with van der Waals surface area (Å²) in [5, 5.41) is 3.51. The number of rotatable bonds is 6. The highest BCUT2D eigenvalue weighted by Crippen LogP contribution is 2.13. The molecule has 1 N–H and O–H groups in total. The molecule has 3 nitrogen and oxygen atoms in total. The normalized spacial score (nSPS) is 16.0. The van der Waals surface area contributed by atoms with Crippen molar-refractivity contribution in [2.45, 2.75) is 38.9 Å². The first-order valence-electron chi connectivity index (χ1n) is 8.42. The lowest BCUT2D eigenvalue weighted by atomic mass is 10.1. The van der Waals surface area contributed by atoms with Gasteiger partial charge in [0, 0.05) is 38.6 Å². The van der Waals surface area contributed by atoms with Gasteiger partial charge in [-0.3, -0.25) is 4.90 Å². The van der Waals surface area contributed by atoms with Gasteiger partial charge in [0.25, 0.3) is 0 Å². The van der Waals surface area contributed by atoms with Crippen molar-refractivity contribution in [3.05, 3.63) is 59.4 Å². The lowest BCUT2D eigenvalue weighted by Gasteiger charge is -2.26. The second-order valence-electron chi connectivity index (χ2n) is 6.37.